The predicted molar refractivity (Wildman–Crippen MR) is 89.1 cm³/mol. The van der Waals surface area contributed by atoms with Crippen molar-refractivity contribution in [1.29, 1.82) is 0 Å². The van der Waals surface area contributed by atoms with Gasteiger partial charge in [0.05, 0.1) is 6.04 Å². The zero-order valence-electron chi connectivity index (χ0n) is 12.6. The molecule has 0 bridgehead atoms. The summed E-state index contributed by atoms with van der Waals surface area (Å²) in [7, 11) is 0. The van der Waals surface area contributed by atoms with Gasteiger partial charge in [-0.1, -0.05) is 66.7 Å². The number of nitrogens with zero attached hydrogens (tertiary/aromatic N) is 1. The topological polar surface area (TPSA) is 20.3 Å². The van der Waals surface area contributed by atoms with Gasteiger partial charge in [-0.05, 0) is 24.5 Å². The summed E-state index contributed by atoms with van der Waals surface area (Å²) in [6, 6.07) is 20.8. The fourth-order valence-electron chi connectivity index (χ4n) is 2.78. The summed E-state index contributed by atoms with van der Waals surface area (Å²) in [4.78, 5) is 13.8. The van der Waals surface area contributed by atoms with Crippen molar-refractivity contribution in [3.05, 3.63) is 95.8 Å². The molecule has 110 valence electrons. The minimum Gasteiger partial charge on any atom is -0.343 e. The van der Waals surface area contributed by atoms with E-state index in [0.717, 1.165) is 5.57 Å². The van der Waals surface area contributed by atoms with Crippen molar-refractivity contribution in [2.45, 2.75) is 19.4 Å². The SMILES string of the molecule is CC(=O)C1=CN(C(c2ccccc2)c2ccccc2)C=CC1. The molecular formula is C20H19NO. The number of rotatable bonds is 4. The second-order valence-electron chi connectivity index (χ2n) is 5.47. The molecule has 1 heterocycles. The van der Waals surface area contributed by atoms with Crippen molar-refractivity contribution >= 4 is 5.78 Å². The summed E-state index contributed by atoms with van der Waals surface area (Å²) >= 11 is 0. The number of Topliss-reactive ketones (excluding diaryl/α,β-unsaturated/α-hetero) is 1. The number of benzene rings is 2. The van der Waals surface area contributed by atoms with E-state index in [2.05, 4.69) is 65.7 Å². The van der Waals surface area contributed by atoms with Crippen LogP contribution >= 0.6 is 0 Å². The van der Waals surface area contributed by atoms with Gasteiger partial charge in [-0.25, -0.2) is 0 Å². The van der Waals surface area contributed by atoms with Crippen molar-refractivity contribution in [3.8, 4) is 0 Å². The maximum atomic E-state index is 11.7. The van der Waals surface area contributed by atoms with Gasteiger partial charge < -0.3 is 4.90 Å². The molecule has 2 heteroatoms. The fourth-order valence-corrected chi connectivity index (χ4v) is 2.78. The number of hydrogen-bond acceptors (Lipinski definition) is 2. The normalized spacial score (nSPS) is 14.1. The Morgan fingerprint density at radius 3 is 2.00 bits per heavy atom. The first kappa shape index (κ1) is 14.3. The third-order valence-corrected chi connectivity index (χ3v) is 3.90. The lowest BCUT2D eigenvalue weighted by Crippen LogP contribution is -2.22. The van der Waals surface area contributed by atoms with Gasteiger partial charge in [0.1, 0.15) is 0 Å². The first-order valence-electron chi connectivity index (χ1n) is 7.51. The summed E-state index contributed by atoms with van der Waals surface area (Å²) < 4.78 is 0. The average Bonchev–Trinajstić information content (AvgIpc) is 2.57. The third kappa shape index (κ3) is 3.01. The molecule has 0 aliphatic carbocycles. The Bertz CT molecular complexity index is 662. The summed E-state index contributed by atoms with van der Waals surface area (Å²) in [6.45, 7) is 1.63. The molecule has 1 aliphatic heterocycles. The molecule has 3 rings (SSSR count). The van der Waals surface area contributed by atoms with Gasteiger partial charge in [0, 0.05) is 18.0 Å². The van der Waals surface area contributed by atoms with E-state index in [1.54, 1.807) is 6.92 Å². The molecular weight excluding hydrogens is 270 g/mol. The first-order valence-corrected chi connectivity index (χ1v) is 7.51. The van der Waals surface area contributed by atoms with E-state index in [9.17, 15) is 4.79 Å². The van der Waals surface area contributed by atoms with Gasteiger partial charge >= 0.3 is 0 Å². The van der Waals surface area contributed by atoms with Gasteiger partial charge in [0.15, 0.2) is 5.78 Å². The standard InChI is InChI=1S/C20H19NO/c1-16(22)19-13-8-14-21(15-19)20(17-9-4-2-5-10-17)18-11-6-3-7-12-18/h2-12,14-15,20H,13H2,1H3. The number of ketones is 1. The quantitative estimate of drug-likeness (QED) is 0.827. The number of carbonyl (C=O) groups is 1. The summed E-state index contributed by atoms with van der Waals surface area (Å²) in [5.41, 5.74) is 3.26. The highest BCUT2D eigenvalue weighted by molar-refractivity contribution is 5.93. The highest BCUT2D eigenvalue weighted by atomic mass is 16.1. The average molecular weight is 289 g/mol. The third-order valence-electron chi connectivity index (χ3n) is 3.90. The first-order chi connectivity index (χ1) is 10.8. The van der Waals surface area contributed by atoms with Crippen LogP contribution in [0.1, 0.15) is 30.5 Å². The van der Waals surface area contributed by atoms with Crippen LogP contribution < -0.4 is 0 Å². The van der Waals surface area contributed by atoms with E-state index in [0.29, 0.717) is 6.42 Å². The predicted octanol–water partition coefficient (Wildman–Crippen LogP) is 4.47. The second-order valence-corrected chi connectivity index (χ2v) is 5.47. The lowest BCUT2D eigenvalue weighted by Gasteiger charge is -2.31. The largest absolute Gasteiger partial charge is 0.343 e. The number of hydrogen-bond donors (Lipinski definition) is 0. The van der Waals surface area contributed by atoms with Gasteiger partial charge in [-0.15, -0.1) is 0 Å². The van der Waals surface area contributed by atoms with Crippen LogP contribution in [0.5, 0.6) is 0 Å². The van der Waals surface area contributed by atoms with E-state index in [-0.39, 0.29) is 11.8 Å². The van der Waals surface area contributed by atoms with E-state index >= 15 is 0 Å². The molecule has 0 radical (unpaired) electrons. The minimum absolute atomic E-state index is 0.0771. The molecule has 0 saturated heterocycles. The maximum Gasteiger partial charge on any atom is 0.157 e. The lowest BCUT2D eigenvalue weighted by molar-refractivity contribution is -0.113. The molecule has 2 aromatic carbocycles. The molecule has 0 spiro atoms. The number of carbonyl (C=O) groups excluding carboxylic acids is 1. The van der Waals surface area contributed by atoms with Gasteiger partial charge in [0.2, 0.25) is 0 Å². The molecule has 2 nitrogen and oxygen atoms in total. The lowest BCUT2D eigenvalue weighted by atomic mass is 9.96. The van der Waals surface area contributed by atoms with Gasteiger partial charge in [-0.2, -0.15) is 0 Å². The van der Waals surface area contributed by atoms with Gasteiger partial charge in [-0.3, -0.25) is 4.79 Å². The fraction of sp³-hybridized carbons (Fsp3) is 0.150. The second kappa shape index (κ2) is 6.44. The van der Waals surface area contributed by atoms with Crippen molar-refractivity contribution in [2.24, 2.45) is 0 Å². The van der Waals surface area contributed by atoms with Crippen LogP contribution in [0.3, 0.4) is 0 Å². The molecule has 22 heavy (non-hydrogen) atoms. The van der Waals surface area contributed by atoms with Crippen LogP contribution in [0.2, 0.25) is 0 Å². The highest BCUT2D eigenvalue weighted by Crippen LogP contribution is 2.31. The van der Waals surface area contributed by atoms with Crippen LogP contribution in [-0.2, 0) is 4.79 Å². The smallest absolute Gasteiger partial charge is 0.157 e. The Morgan fingerprint density at radius 1 is 0.955 bits per heavy atom. The molecule has 0 amide bonds. The Hall–Kier alpha value is -2.61. The Morgan fingerprint density at radius 2 is 1.50 bits per heavy atom. The van der Waals surface area contributed by atoms with Crippen LogP contribution in [0.15, 0.2) is 84.7 Å². The molecule has 0 aromatic heterocycles. The molecule has 0 saturated carbocycles. The van der Waals surface area contributed by atoms with E-state index in [1.807, 2.05) is 18.3 Å². The summed E-state index contributed by atoms with van der Waals surface area (Å²) in [5.74, 6) is 0.134. The van der Waals surface area contributed by atoms with Crippen LogP contribution in [0.4, 0.5) is 0 Å². The van der Waals surface area contributed by atoms with Crippen molar-refractivity contribution in [2.75, 3.05) is 0 Å². The van der Waals surface area contributed by atoms with E-state index < -0.39 is 0 Å². The van der Waals surface area contributed by atoms with Crippen LogP contribution in [-0.4, -0.2) is 10.7 Å². The Balaban J connectivity index is 2.05. The van der Waals surface area contributed by atoms with Crippen molar-refractivity contribution < 1.29 is 4.79 Å². The van der Waals surface area contributed by atoms with Crippen molar-refractivity contribution in [1.82, 2.24) is 4.90 Å². The summed E-state index contributed by atoms with van der Waals surface area (Å²) in [5, 5.41) is 0. The zero-order valence-corrected chi connectivity index (χ0v) is 12.6. The molecule has 0 N–H and O–H groups in total. The van der Waals surface area contributed by atoms with E-state index in [1.165, 1.54) is 11.1 Å². The van der Waals surface area contributed by atoms with Crippen LogP contribution in [0.25, 0.3) is 0 Å². The zero-order chi connectivity index (χ0) is 15.4. The Labute approximate surface area is 131 Å². The van der Waals surface area contributed by atoms with E-state index in [4.69, 9.17) is 0 Å². The van der Waals surface area contributed by atoms with Crippen molar-refractivity contribution in [3.63, 3.8) is 0 Å². The molecule has 0 fully saturated rings. The molecule has 0 unspecified atom stereocenters. The highest BCUT2D eigenvalue weighted by Gasteiger charge is 2.21. The minimum atomic E-state index is 0.0771. The maximum absolute atomic E-state index is 11.7. The van der Waals surface area contributed by atoms with Crippen LogP contribution in [0, 0.1) is 0 Å². The Kier molecular flexibility index (Phi) is 4.19. The summed E-state index contributed by atoms with van der Waals surface area (Å²) in [6.07, 6.45) is 6.81. The number of allylic oxidation sites excluding steroid dienone is 2. The molecule has 2 aromatic rings. The monoisotopic (exact) mass is 289 g/mol. The van der Waals surface area contributed by atoms with Gasteiger partial charge in [0.25, 0.3) is 0 Å². The molecule has 1 aliphatic rings. The molecule has 0 atom stereocenters.